The van der Waals surface area contributed by atoms with Gasteiger partial charge in [0.1, 0.15) is 23.7 Å². The highest BCUT2D eigenvalue weighted by molar-refractivity contribution is 5.94. The molecule has 0 spiro atoms. The molecule has 1 aliphatic heterocycles. The number of rotatable bonds is 12. The zero-order chi connectivity index (χ0) is 37.8. The summed E-state index contributed by atoms with van der Waals surface area (Å²) in [4.78, 5) is 56.8. The Morgan fingerprint density at radius 1 is 0.980 bits per heavy atom. The lowest BCUT2D eigenvalue weighted by Crippen LogP contribution is -2.56. The predicted molar refractivity (Wildman–Crippen MR) is 197 cm³/mol. The Labute approximate surface area is 301 Å². The van der Waals surface area contributed by atoms with Gasteiger partial charge in [0, 0.05) is 31.8 Å². The number of amides is 4. The van der Waals surface area contributed by atoms with Gasteiger partial charge in [0.15, 0.2) is 0 Å². The highest BCUT2D eigenvalue weighted by Crippen LogP contribution is 2.34. The third kappa shape index (κ3) is 10.9. The number of hydrogen-bond donors (Lipinski definition) is 3. The SMILES string of the molecule is C[C@H](C(=O)N[C@H](C)C(=O)N1C[C@H](NC(C)(C)CCOC(C)(C)C(C)(C)C)C[C@@H]1C(=O)N[C@H]1CCCc2ccccc21)N(C)C(=O)OC(C)(C)C. The molecule has 50 heavy (non-hydrogen) atoms. The maximum absolute atomic E-state index is 14.1. The van der Waals surface area contributed by atoms with Gasteiger partial charge >= 0.3 is 6.09 Å². The number of fused-ring (bicyclic) bond motifs is 1. The van der Waals surface area contributed by atoms with E-state index in [2.05, 4.69) is 76.5 Å². The van der Waals surface area contributed by atoms with E-state index in [0.29, 0.717) is 19.6 Å². The van der Waals surface area contributed by atoms with Crippen molar-refractivity contribution >= 4 is 23.8 Å². The van der Waals surface area contributed by atoms with E-state index in [1.165, 1.54) is 17.5 Å². The zero-order valence-electron chi connectivity index (χ0n) is 33.0. The minimum Gasteiger partial charge on any atom is -0.444 e. The molecule has 1 fully saturated rings. The number of aryl methyl sites for hydroxylation is 1. The molecule has 0 aromatic heterocycles. The quantitative estimate of drug-likeness (QED) is 0.263. The van der Waals surface area contributed by atoms with E-state index in [9.17, 15) is 19.2 Å². The van der Waals surface area contributed by atoms with Crippen molar-refractivity contribution in [3.63, 3.8) is 0 Å². The van der Waals surface area contributed by atoms with Gasteiger partial charge < -0.3 is 30.3 Å². The minimum atomic E-state index is -0.928. The molecule has 5 atom stereocenters. The Morgan fingerprint density at radius 2 is 1.62 bits per heavy atom. The minimum absolute atomic E-state index is 0.0225. The molecular weight excluding hydrogens is 634 g/mol. The number of carbonyl (C=O) groups excluding carboxylic acids is 4. The lowest BCUT2D eigenvalue weighted by molar-refractivity contribution is -0.141. The van der Waals surface area contributed by atoms with Crippen LogP contribution in [0.15, 0.2) is 24.3 Å². The fraction of sp³-hybridized carbons (Fsp3) is 0.744. The topological polar surface area (TPSA) is 129 Å². The summed E-state index contributed by atoms with van der Waals surface area (Å²) in [5.41, 5.74) is 0.989. The lowest BCUT2D eigenvalue weighted by Gasteiger charge is -2.40. The van der Waals surface area contributed by atoms with Crippen LogP contribution in [-0.2, 0) is 30.3 Å². The molecule has 0 unspecified atom stereocenters. The summed E-state index contributed by atoms with van der Waals surface area (Å²) in [6.45, 7) is 24.3. The normalized spacial score (nSPS) is 21.1. The summed E-state index contributed by atoms with van der Waals surface area (Å²) in [5, 5.41) is 9.76. The molecule has 1 saturated heterocycles. The Balaban J connectivity index is 1.75. The summed E-state index contributed by atoms with van der Waals surface area (Å²) < 4.78 is 11.7. The van der Waals surface area contributed by atoms with E-state index in [0.717, 1.165) is 31.2 Å². The zero-order valence-corrected chi connectivity index (χ0v) is 33.0. The van der Waals surface area contributed by atoms with Gasteiger partial charge in [0.2, 0.25) is 17.7 Å². The standard InChI is InChI=1S/C39H65N5O6/c1-25(40-32(45)26(2)43(13)35(48)50-37(6,7)8)34(47)44-24-28(42-38(9,10)21-22-49-39(11,12)36(3,4)5)23-31(44)33(46)41-30-20-16-18-27-17-14-15-19-29(27)30/h14-15,17,19,25-26,28,30-31,42H,16,18,20-24H2,1-13H3,(H,40,45)(H,41,46)/t25-,26-,28-,30+,31-/m1/s1. The van der Waals surface area contributed by atoms with Crippen molar-refractivity contribution in [2.24, 2.45) is 5.41 Å². The van der Waals surface area contributed by atoms with Crippen molar-refractivity contribution in [1.29, 1.82) is 0 Å². The molecule has 11 nitrogen and oxygen atoms in total. The number of nitrogens with one attached hydrogen (secondary N) is 3. The lowest BCUT2D eigenvalue weighted by atomic mass is 9.79. The number of hydrogen-bond acceptors (Lipinski definition) is 7. The summed E-state index contributed by atoms with van der Waals surface area (Å²) >= 11 is 0. The summed E-state index contributed by atoms with van der Waals surface area (Å²) in [7, 11) is 1.49. The molecule has 1 heterocycles. The molecule has 1 aromatic rings. The van der Waals surface area contributed by atoms with Crippen LogP contribution in [0.2, 0.25) is 0 Å². The van der Waals surface area contributed by atoms with Gasteiger partial charge in [0.25, 0.3) is 0 Å². The Kier molecular flexibility index (Phi) is 13.2. The fourth-order valence-electron chi connectivity index (χ4n) is 6.32. The number of likely N-dealkylation sites (N-methyl/N-ethyl adjacent to an activating group) is 1. The van der Waals surface area contributed by atoms with E-state index in [1.54, 1.807) is 39.5 Å². The summed E-state index contributed by atoms with van der Waals surface area (Å²) in [6, 6.07) is 5.38. The molecule has 0 radical (unpaired) electrons. The molecule has 0 saturated carbocycles. The first-order chi connectivity index (χ1) is 22.9. The van der Waals surface area contributed by atoms with E-state index in [1.807, 2.05) is 12.1 Å². The number of carbonyl (C=O) groups is 4. The van der Waals surface area contributed by atoms with Crippen molar-refractivity contribution in [1.82, 2.24) is 25.8 Å². The van der Waals surface area contributed by atoms with Crippen LogP contribution in [0.3, 0.4) is 0 Å². The fourth-order valence-corrected chi connectivity index (χ4v) is 6.32. The molecule has 3 rings (SSSR count). The van der Waals surface area contributed by atoms with E-state index in [4.69, 9.17) is 9.47 Å². The van der Waals surface area contributed by atoms with Gasteiger partial charge in [-0.3, -0.25) is 19.3 Å². The van der Waals surface area contributed by atoms with Gasteiger partial charge in [0.05, 0.1) is 11.6 Å². The van der Waals surface area contributed by atoms with E-state index < -0.39 is 35.7 Å². The molecule has 282 valence electrons. The Bertz CT molecular complexity index is 1360. The summed E-state index contributed by atoms with van der Waals surface area (Å²) in [6.07, 6.45) is 3.32. The van der Waals surface area contributed by atoms with Gasteiger partial charge in [-0.1, -0.05) is 45.0 Å². The molecule has 2 aliphatic rings. The third-order valence-corrected chi connectivity index (χ3v) is 10.5. The van der Waals surface area contributed by atoms with E-state index in [-0.39, 0.29) is 40.5 Å². The van der Waals surface area contributed by atoms with Crippen LogP contribution in [0.4, 0.5) is 4.79 Å². The number of nitrogens with zero attached hydrogens (tertiary/aromatic N) is 2. The van der Waals surface area contributed by atoms with Crippen LogP contribution in [0.5, 0.6) is 0 Å². The van der Waals surface area contributed by atoms with Crippen LogP contribution in [-0.4, -0.2) is 94.7 Å². The van der Waals surface area contributed by atoms with Crippen LogP contribution in [0.1, 0.15) is 126 Å². The second-order valence-corrected chi connectivity index (χ2v) is 17.5. The Hall–Kier alpha value is -3.18. The van der Waals surface area contributed by atoms with E-state index >= 15 is 0 Å². The molecule has 4 amide bonds. The smallest absolute Gasteiger partial charge is 0.410 e. The molecular formula is C39H65N5O6. The first-order valence-electron chi connectivity index (χ1n) is 18.3. The second kappa shape index (κ2) is 16.0. The molecule has 1 aliphatic carbocycles. The third-order valence-electron chi connectivity index (χ3n) is 10.5. The predicted octanol–water partition coefficient (Wildman–Crippen LogP) is 5.51. The number of ether oxygens (including phenoxy) is 2. The van der Waals surface area contributed by atoms with Crippen LogP contribution in [0.25, 0.3) is 0 Å². The Morgan fingerprint density at radius 3 is 2.24 bits per heavy atom. The van der Waals surface area contributed by atoms with Crippen LogP contribution >= 0.6 is 0 Å². The van der Waals surface area contributed by atoms with Crippen molar-refractivity contribution in [3.05, 3.63) is 35.4 Å². The highest BCUT2D eigenvalue weighted by Gasteiger charge is 2.44. The van der Waals surface area contributed by atoms with Crippen LogP contribution < -0.4 is 16.0 Å². The van der Waals surface area contributed by atoms with Crippen molar-refractivity contribution in [2.75, 3.05) is 20.2 Å². The maximum Gasteiger partial charge on any atom is 0.410 e. The molecule has 1 aromatic carbocycles. The van der Waals surface area contributed by atoms with Gasteiger partial charge in [-0.15, -0.1) is 0 Å². The average Bonchev–Trinajstić information content (AvgIpc) is 3.41. The first-order valence-corrected chi connectivity index (χ1v) is 18.3. The van der Waals surface area contributed by atoms with Gasteiger partial charge in [-0.25, -0.2) is 4.79 Å². The van der Waals surface area contributed by atoms with Crippen molar-refractivity contribution in [3.8, 4) is 0 Å². The monoisotopic (exact) mass is 699 g/mol. The van der Waals surface area contributed by atoms with Crippen LogP contribution in [0, 0.1) is 5.41 Å². The largest absolute Gasteiger partial charge is 0.444 e. The molecule has 11 heteroatoms. The van der Waals surface area contributed by atoms with Gasteiger partial charge in [-0.2, -0.15) is 0 Å². The molecule has 0 bridgehead atoms. The second-order valence-electron chi connectivity index (χ2n) is 17.5. The first kappa shape index (κ1) is 41.2. The maximum atomic E-state index is 14.1. The van der Waals surface area contributed by atoms with Crippen molar-refractivity contribution < 1.29 is 28.7 Å². The highest BCUT2D eigenvalue weighted by atomic mass is 16.6. The van der Waals surface area contributed by atoms with Crippen molar-refractivity contribution in [2.45, 2.75) is 162 Å². The number of benzene rings is 1. The number of likely N-dealkylation sites (tertiary alicyclic amines) is 1. The average molecular weight is 700 g/mol. The summed E-state index contributed by atoms with van der Waals surface area (Å²) in [5.74, 6) is -1.05. The van der Waals surface area contributed by atoms with Gasteiger partial charge in [-0.05, 0) is 111 Å². The molecule has 3 N–H and O–H groups in total.